The van der Waals surface area contributed by atoms with Gasteiger partial charge in [0.25, 0.3) is 0 Å². The fourth-order valence-electron chi connectivity index (χ4n) is 2.27. The predicted octanol–water partition coefficient (Wildman–Crippen LogP) is 3.32. The molecule has 0 spiro atoms. The summed E-state index contributed by atoms with van der Waals surface area (Å²) in [5.41, 5.74) is 0. The Kier molecular flexibility index (Phi) is 4.70. The van der Waals surface area contributed by atoms with E-state index in [9.17, 15) is 0 Å². The second-order valence-corrected chi connectivity index (χ2v) is 5.61. The van der Waals surface area contributed by atoms with Gasteiger partial charge in [-0.1, -0.05) is 6.92 Å². The average molecular weight is 269 g/mol. The van der Waals surface area contributed by atoms with Crippen LogP contribution in [0.1, 0.15) is 26.2 Å². The van der Waals surface area contributed by atoms with Crippen LogP contribution in [0.4, 0.5) is 5.82 Å². The Labute approximate surface area is 114 Å². The van der Waals surface area contributed by atoms with E-state index < -0.39 is 0 Å². The van der Waals surface area contributed by atoms with E-state index in [0.29, 0.717) is 11.3 Å². The monoisotopic (exact) mass is 268 g/mol. The summed E-state index contributed by atoms with van der Waals surface area (Å²) in [6, 6.07) is 3.90. The topological polar surface area (TPSA) is 25.4 Å². The third-order valence-electron chi connectivity index (χ3n) is 3.28. The molecule has 100 valence electrons. The fourth-order valence-corrected chi connectivity index (χ4v) is 2.77. The van der Waals surface area contributed by atoms with Crippen LogP contribution in [0, 0.1) is 5.92 Å². The van der Waals surface area contributed by atoms with Crippen molar-refractivity contribution in [2.75, 3.05) is 25.1 Å². The Morgan fingerprint density at radius 1 is 1.50 bits per heavy atom. The van der Waals surface area contributed by atoms with Crippen LogP contribution in [0.15, 0.2) is 18.3 Å². The first-order chi connectivity index (χ1) is 8.70. The lowest BCUT2D eigenvalue weighted by Crippen LogP contribution is -2.35. The lowest BCUT2D eigenvalue weighted by Gasteiger charge is -2.34. The number of anilines is 1. The number of hydrogen-bond donors (Lipinski definition) is 0. The highest BCUT2D eigenvalue weighted by Gasteiger charge is 2.28. The molecule has 1 aliphatic rings. The zero-order valence-electron chi connectivity index (χ0n) is 11.1. The van der Waals surface area contributed by atoms with Crippen LogP contribution in [-0.2, 0) is 0 Å². The Balaban J connectivity index is 1.97. The van der Waals surface area contributed by atoms with Gasteiger partial charge in [0.15, 0.2) is 11.6 Å². The van der Waals surface area contributed by atoms with Crippen molar-refractivity contribution in [1.82, 2.24) is 4.98 Å². The van der Waals surface area contributed by atoms with E-state index in [0.717, 1.165) is 44.0 Å². The van der Waals surface area contributed by atoms with E-state index in [1.54, 1.807) is 0 Å². The SMILES string of the molecule is CCCOc1cccnc1N(C)CC1CC(Cl)C1. The van der Waals surface area contributed by atoms with Gasteiger partial charge in [-0.25, -0.2) is 4.98 Å². The number of hydrogen-bond acceptors (Lipinski definition) is 3. The molecule has 0 radical (unpaired) electrons. The maximum atomic E-state index is 6.01. The molecule has 1 aromatic heterocycles. The molecule has 1 aromatic rings. The standard InChI is InChI=1S/C14H21ClN2O/c1-3-7-18-13-5-4-6-16-14(13)17(2)10-11-8-12(15)9-11/h4-6,11-12H,3,7-10H2,1-2H3. The van der Waals surface area contributed by atoms with Gasteiger partial charge in [-0.15, -0.1) is 11.6 Å². The molecule has 0 atom stereocenters. The normalized spacial score (nSPS) is 22.4. The zero-order chi connectivity index (χ0) is 13.0. The van der Waals surface area contributed by atoms with E-state index in [1.807, 2.05) is 18.3 Å². The molecular weight excluding hydrogens is 248 g/mol. The summed E-state index contributed by atoms with van der Waals surface area (Å²) in [5, 5.41) is 0.378. The Hall–Kier alpha value is -0.960. The van der Waals surface area contributed by atoms with Crippen molar-refractivity contribution in [3.63, 3.8) is 0 Å². The molecule has 1 fully saturated rings. The molecule has 4 heteroatoms. The first-order valence-corrected chi connectivity index (χ1v) is 7.07. The van der Waals surface area contributed by atoms with Gasteiger partial charge in [0.2, 0.25) is 0 Å². The number of pyridine rings is 1. The molecule has 0 unspecified atom stereocenters. The van der Waals surface area contributed by atoms with Crippen LogP contribution >= 0.6 is 11.6 Å². The Bertz CT molecular complexity index is 380. The van der Waals surface area contributed by atoms with E-state index in [1.165, 1.54) is 0 Å². The van der Waals surface area contributed by atoms with E-state index in [2.05, 4.69) is 23.9 Å². The molecule has 1 saturated carbocycles. The van der Waals surface area contributed by atoms with Gasteiger partial charge in [-0.3, -0.25) is 0 Å². The molecule has 0 saturated heterocycles. The van der Waals surface area contributed by atoms with Crippen molar-refractivity contribution in [2.45, 2.75) is 31.6 Å². The Morgan fingerprint density at radius 3 is 2.94 bits per heavy atom. The fraction of sp³-hybridized carbons (Fsp3) is 0.643. The van der Waals surface area contributed by atoms with Gasteiger partial charge < -0.3 is 9.64 Å². The van der Waals surface area contributed by atoms with Crippen molar-refractivity contribution < 1.29 is 4.74 Å². The van der Waals surface area contributed by atoms with E-state index in [-0.39, 0.29) is 0 Å². The molecule has 18 heavy (non-hydrogen) atoms. The smallest absolute Gasteiger partial charge is 0.171 e. The second kappa shape index (κ2) is 6.28. The molecule has 2 rings (SSSR count). The van der Waals surface area contributed by atoms with Gasteiger partial charge in [-0.2, -0.15) is 0 Å². The summed E-state index contributed by atoms with van der Waals surface area (Å²) in [6.07, 6.45) is 5.05. The van der Waals surface area contributed by atoms with Crippen LogP contribution in [0.5, 0.6) is 5.75 Å². The summed E-state index contributed by atoms with van der Waals surface area (Å²) in [5.74, 6) is 2.51. The minimum absolute atomic E-state index is 0.378. The minimum Gasteiger partial charge on any atom is -0.490 e. The molecule has 0 bridgehead atoms. The first kappa shape index (κ1) is 13.5. The number of rotatable bonds is 6. The highest BCUT2D eigenvalue weighted by molar-refractivity contribution is 6.21. The lowest BCUT2D eigenvalue weighted by atomic mass is 9.84. The third kappa shape index (κ3) is 3.29. The van der Waals surface area contributed by atoms with Crippen LogP contribution in [0.3, 0.4) is 0 Å². The number of ether oxygens (including phenoxy) is 1. The highest BCUT2D eigenvalue weighted by Crippen LogP contribution is 2.34. The molecule has 1 heterocycles. The maximum Gasteiger partial charge on any atom is 0.171 e. The largest absolute Gasteiger partial charge is 0.490 e. The lowest BCUT2D eigenvalue weighted by molar-refractivity contribution is 0.310. The first-order valence-electron chi connectivity index (χ1n) is 6.63. The molecule has 0 N–H and O–H groups in total. The summed E-state index contributed by atoms with van der Waals surface area (Å²) >= 11 is 6.01. The van der Waals surface area contributed by atoms with Gasteiger partial charge in [-0.05, 0) is 37.3 Å². The molecule has 0 aliphatic heterocycles. The van der Waals surface area contributed by atoms with Crippen molar-refractivity contribution in [1.29, 1.82) is 0 Å². The molecule has 1 aliphatic carbocycles. The highest BCUT2D eigenvalue weighted by atomic mass is 35.5. The van der Waals surface area contributed by atoms with Gasteiger partial charge in [0, 0.05) is 25.2 Å². The van der Waals surface area contributed by atoms with Crippen molar-refractivity contribution in [2.24, 2.45) is 5.92 Å². The predicted molar refractivity (Wildman–Crippen MR) is 75.7 cm³/mol. The van der Waals surface area contributed by atoms with E-state index >= 15 is 0 Å². The summed E-state index contributed by atoms with van der Waals surface area (Å²) in [4.78, 5) is 6.61. The summed E-state index contributed by atoms with van der Waals surface area (Å²) in [6.45, 7) is 3.84. The van der Waals surface area contributed by atoms with Crippen molar-refractivity contribution in [3.05, 3.63) is 18.3 Å². The molecule has 0 aromatic carbocycles. The summed E-state index contributed by atoms with van der Waals surface area (Å²) < 4.78 is 5.73. The number of aromatic nitrogens is 1. The van der Waals surface area contributed by atoms with Crippen molar-refractivity contribution >= 4 is 17.4 Å². The number of nitrogens with zero attached hydrogens (tertiary/aromatic N) is 2. The Morgan fingerprint density at radius 2 is 2.28 bits per heavy atom. The second-order valence-electron chi connectivity index (χ2n) is 4.99. The van der Waals surface area contributed by atoms with Crippen LogP contribution < -0.4 is 9.64 Å². The average Bonchev–Trinajstić information content (AvgIpc) is 2.34. The summed E-state index contributed by atoms with van der Waals surface area (Å²) in [7, 11) is 2.07. The maximum absolute atomic E-state index is 6.01. The van der Waals surface area contributed by atoms with Crippen LogP contribution in [0.2, 0.25) is 0 Å². The quantitative estimate of drug-likeness (QED) is 0.740. The molecule has 0 amide bonds. The van der Waals surface area contributed by atoms with Gasteiger partial charge in [0.1, 0.15) is 0 Å². The minimum atomic E-state index is 0.378. The van der Waals surface area contributed by atoms with E-state index in [4.69, 9.17) is 16.3 Å². The zero-order valence-corrected chi connectivity index (χ0v) is 11.9. The van der Waals surface area contributed by atoms with Crippen LogP contribution in [-0.4, -0.2) is 30.6 Å². The van der Waals surface area contributed by atoms with Crippen molar-refractivity contribution in [3.8, 4) is 5.75 Å². The van der Waals surface area contributed by atoms with Gasteiger partial charge >= 0.3 is 0 Å². The van der Waals surface area contributed by atoms with Crippen LogP contribution in [0.25, 0.3) is 0 Å². The molecule has 3 nitrogen and oxygen atoms in total. The van der Waals surface area contributed by atoms with Gasteiger partial charge in [0.05, 0.1) is 6.61 Å². The number of alkyl halides is 1. The molecular formula is C14H21ClN2O. The number of halogens is 1. The third-order valence-corrected chi connectivity index (χ3v) is 3.64.